The smallest absolute Gasteiger partial charge is 0.0833 e. The van der Waals surface area contributed by atoms with Gasteiger partial charge in [-0.05, 0) is 25.0 Å². The first kappa shape index (κ1) is 10.8. The maximum Gasteiger partial charge on any atom is 0.0833 e. The number of fused-ring (bicyclic) bond motifs is 1. The third-order valence-corrected chi connectivity index (χ3v) is 3.18. The normalized spacial score (nSPS) is 13.3. The minimum Gasteiger partial charge on any atom is -0.360 e. The molecule has 0 bridgehead atoms. The van der Waals surface area contributed by atoms with E-state index >= 15 is 0 Å². The quantitative estimate of drug-likeness (QED) is 0.834. The summed E-state index contributed by atoms with van der Waals surface area (Å²) in [5.41, 5.74) is 7.84. The van der Waals surface area contributed by atoms with E-state index in [9.17, 15) is 0 Å². The lowest BCUT2D eigenvalue weighted by Gasteiger charge is -2.03. The summed E-state index contributed by atoms with van der Waals surface area (Å²) < 4.78 is 0. The molecule has 4 heteroatoms. The number of rotatable bonds is 2. The van der Waals surface area contributed by atoms with Crippen LogP contribution in [0.3, 0.4) is 0 Å². The highest BCUT2D eigenvalue weighted by Gasteiger charge is 2.10. The maximum absolute atomic E-state index is 6.08. The molecule has 0 amide bonds. The molecule has 0 aliphatic heterocycles. The summed E-state index contributed by atoms with van der Waals surface area (Å²) in [5.74, 6) is 0. The molecule has 2 rings (SSSR count). The van der Waals surface area contributed by atoms with Gasteiger partial charge in [0.2, 0.25) is 0 Å². The minimum atomic E-state index is 0.137. The summed E-state index contributed by atoms with van der Waals surface area (Å²) >= 11 is 12.0. The molecule has 0 radical (unpaired) electrons. The summed E-state index contributed by atoms with van der Waals surface area (Å²) in [6, 6.07) is 3.92. The molecule has 1 heterocycles. The van der Waals surface area contributed by atoms with E-state index in [2.05, 4.69) is 4.98 Å². The van der Waals surface area contributed by atoms with Gasteiger partial charge in [-0.3, -0.25) is 0 Å². The van der Waals surface area contributed by atoms with Crippen LogP contribution in [-0.2, 0) is 6.42 Å². The highest BCUT2D eigenvalue weighted by molar-refractivity contribution is 6.45. The fourth-order valence-corrected chi connectivity index (χ4v) is 2.09. The van der Waals surface area contributed by atoms with Gasteiger partial charge in [0.05, 0.1) is 15.6 Å². The number of H-pyrrole nitrogens is 1. The fraction of sp³-hybridized carbons (Fsp3) is 0.273. The summed E-state index contributed by atoms with van der Waals surface area (Å²) in [5, 5.41) is 2.24. The monoisotopic (exact) mass is 242 g/mol. The van der Waals surface area contributed by atoms with Gasteiger partial charge in [0, 0.05) is 17.6 Å². The Morgan fingerprint density at radius 3 is 2.80 bits per heavy atom. The fourth-order valence-electron chi connectivity index (χ4n) is 1.71. The van der Waals surface area contributed by atoms with Crippen molar-refractivity contribution >= 4 is 34.1 Å². The summed E-state index contributed by atoms with van der Waals surface area (Å²) in [6.07, 6.45) is 2.77. The molecule has 80 valence electrons. The Bertz CT molecular complexity index is 489. The molecule has 1 aromatic heterocycles. The van der Waals surface area contributed by atoms with Crippen molar-refractivity contribution in [3.63, 3.8) is 0 Å². The first-order valence-electron chi connectivity index (χ1n) is 4.79. The average molecular weight is 243 g/mol. The van der Waals surface area contributed by atoms with Crippen LogP contribution in [0.25, 0.3) is 10.9 Å². The van der Waals surface area contributed by atoms with Crippen LogP contribution in [0.2, 0.25) is 10.0 Å². The van der Waals surface area contributed by atoms with Crippen molar-refractivity contribution in [3.05, 3.63) is 33.9 Å². The Kier molecular flexibility index (Phi) is 2.91. The van der Waals surface area contributed by atoms with E-state index < -0.39 is 0 Å². The van der Waals surface area contributed by atoms with Crippen LogP contribution < -0.4 is 5.73 Å². The van der Waals surface area contributed by atoms with Crippen molar-refractivity contribution in [2.45, 2.75) is 19.4 Å². The van der Waals surface area contributed by atoms with Crippen LogP contribution in [0.4, 0.5) is 0 Å². The molecule has 1 aromatic carbocycles. The molecule has 0 fully saturated rings. The van der Waals surface area contributed by atoms with E-state index in [1.54, 1.807) is 0 Å². The van der Waals surface area contributed by atoms with Crippen LogP contribution in [0, 0.1) is 0 Å². The van der Waals surface area contributed by atoms with Gasteiger partial charge < -0.3 is 10.7 Å². The number of aromatic nitrogens is 1. The van der Waals surface area contributed by atoms with Gasteiger partial charge in [-0.2, -0.15) is 0 Å². The molecular formula is C11H12Cl2N2. The predicted molar refractivity (Wildman–Crippen MR) is 65.7 cm³/mol. The van der Waals surface area contributed by atoms with Crippen molar-refractivity contribution in [3.8, 4) is 0 Å². The van der Waals surface area contributed by atoms with Gasteiger partial charge in [0.25, 0.3) is 0 Å². The highest BCUT2D eigenvalue weighted by atomic mass is 35.5. The Balaban J connectivity index is 2.57. The van der Waals surface area contributed by atoms with Crippen molar-refractivity contribution in [2.75, 3.05) is 0 Å². The molecule has 2 nitrogen and oxygen atoms in total. The van der Waals surface area contributed by atoms with Gasteiger partial charge in [0.15, 0.2) is 0 Å². The summed E-state index contributed by atoms with van der Waals surface area (Å²) in [4.78, 5) is 3.13. The second-order valence-corrected chi connectivity index (χ2v) is 4.56. The minimum absolute atomic E-state index is 0.137. The molecule has 0 spiro atoms. The van der Waals surface area contributed by atoms with E-state index in [0.717, 1.165) is 17.3 Å². The van der Waals surface area contributed by atoms with Gasteiger partial charge >= 0.3 is 0 Å². The van der Waals surface area contributed by atoms with Crippen molar-refractivity contribution in [1.82, 2.24) is 4.98 Å². The lowest BCUT2D eigenvalue weighted by molar-refractivity contribution is 0.741. The zero-order valence-corrected chi connectivity index (χ0v) is 9.86. The van der Waals surface area contributed by atoms with Gasteiger partial charge in [-0.1, -0.05) is 29.3 Å². The van der Waals surface area contributed by atoms with E-state index in [0.29, 0.717) is 10.0 Å². The number of benzene rings is 1. The summed E-state index contributed by atoms with van der Waals surface area (Å²) in [7, 11) is 0. The van der Waals surface area contributed by atoms with Crippen LogP contribution in [0.1, 0.15) is 12.5 Å². The topological polar surface area (TPSA) is 41.8 Å². The Labute approximate surface area is 98.4 Å². The van der Waals surface area contributed by atoms with Gasteiger partial charge in [0.1, 0.15) is 0 Å². The molecule has 0 aliphatic carbocycles. The lowest BCUT2D eigenvalue weighted by Crippen LogP contribution is -2.17. The van der Waals surface area contributed by atoms with Crippen LogP contribution in [0.15, 0.2) is 18.3 Å². The Morgan fingerprint density at radius 2 is 2.13 bits per heavy atom. The Hall–Kier alpha value is -0.700. The number of nitrogens with one attached hydrogen (secondary N) is 1. The molecule has 1 unspecified atom stereocenters. The molecule has 0 saturated heterocycles. The van der Waals surface area contributed by atoms with E-state index in [4.69, 9.17) is 28.9 Å². The molecular weight excluding hydrogens is 231 g/mol. The van der Waals surface area contributed by atoms with E-state index in [1.807, 2.05) is 25.3 Å². The number of aromatic amines is 1. The third kappa shape index (κ3) is 1.98. The second-order valence-electron chi connectivity index (χ2n) is 3.78. The average Bonchev–Trinajstić information content (AvgIpc) is 2.55. The van der Waals surface area contributed by atoms with Gasteiger partial charge in [-0.15, -0.1) is 0 Å². The van der Waals surface area contributed by atoms with Crippen molar-refractivity contribution in [1.29, 1.82) is 0 Å². The lowest BCUT2D eigenvalue weighted by atomic mass is 10.1. The summed E-state index contributed by atoms with van der Waals surface area (Å²) in [6.45, 7) is 1.98. The van der Waals surface area contributed by atoms with Crippen molar-refractivity contribution in [2.24, 2.45) is 5.73 Å². The first-order valence-corrected chi connectivity index (χ1v) is 5.54. The largest absolute Gasteiger partial charge is 0.360 e. The van der Waals surface area contributed by atoms with Crippen molar-refractivity contribution < 1.29 is 0 Å². The van der Waals surface area contributed by atoms with E-state index in [1.165, 1.54) is 5.56 Å². The number of halogens is 2. The third-order valence-electron chi connectivity index (χ3n) is 2.37. The Morgan fingerprint density at radius 1 is 1.40 bits per heavy atom. The maximum atomic E-state index is 6.08. The standard InChI is InChI=1S/C11H12Cl2N2/c1-6(14)4-7-5-15-11-8(7)2-3-9(12)10(11)13/h2-3,5-6,15H,4,14H2,1H3. The second kappa shape index (κ2) is 4.05. The zero-order chi connectivity index (χ0) is 11.0. The van der Waals surface area contributed by atoms with Crippen LogP contribution in [-0.4, -0.2) is 11.0 Å². The zero-order valence-electron chi connectivity index (χ0n) is 8.35. The predicted octanol–water partition coefficient (Wildman–Crippen LogP) is 3.36. The van der Waals surface area contributed by atoms with E-state index in [-0.39, 0.29) is 6.04 Å². The molecule has 15 heavy (non-hydrogen) atoms. The first-order chi connectivity index (χ1) is 7.09. The van der Waals surface area contributed by atoms with Gasteiger partial charge in [-0.25, -0.2) is 0 Å². The highest BCUT2D eigenvalue weighted by Crippen LogP contribution is 2.31. The molecule has 0 aliphatic rings. The molecule has 2 aromatic rings. The number of nitrogens with two attached hydrogens (primary N) is 1. The van der Waals surface area contributed by atoms with Crippen LogP contribution in [0.5, 0.6) is 0 Å². The molecule has 3 N–H and O–H groups in total. The number of hydrogen-bond donors (Lipinski definition) is 2. The SMILES string of the molecule is CC(N)Cc1c[nH]c2c(Cl)c(Cl)ccc12. The van der Waals surface area contributed by atoms with Crippen LogP contribution >= 0.6 is 23.2 Å². The molecule has 0 saturated carbocycles. The number of hydrogen-bond acceptors (Lipinski definition) is 1. The molecule has 1 atom stereocenters.